The zero-order valence-electron chi connectivity index (χ0n) is 22.7. The van der Waals surface area contributed by atoms with Crippen LogP contribution in [0.25, 0.3) is 0 Å². The molecular formula is C27H53O2P. The summed E-state index contributed by atoms with van der Waals surface area (Å²) < 4.78 is 13.6. The average molecular weight is 441 g/mol. The van der Waals surface area contributed by atoms with Crippen molar-refractivity contribution in [2.75, 3.05) is 7.11 Å². The summed E-state index contributed by atoms with van der Waals surface area (Å²) in [5.41, 5.74) is 3.51. The maximum absolute atomic E-state index is 13.6. The van der Waals surface area contributed by atoms with Crippen molar-refractivity contribution in [3.05, 3.63) is 35.4 Å². The molecule has 1 N–H and O–H groups in total. The Balaban J connectivity index is 0. The van der Waals surface area contributed by atoms with Crippen LogP contribution in [0, 0.1) is 10.8 Å². The SMILES string of the molecule is CC(C)(C)CC(C)(C)C.CCc1cccc(CP(=O)(C(C)(C)C)C(C)(C)C)c1.CO. The van der Waals surface area contributed by atoms with E-state index < -0.39 is 7.14 Å². The van der Waals surface area contributed by atoms with Gasteiger partial charge in [0.1, 0.15) is 7.14 Å². The van der Waals surface area contributed by atoms with Gasteiger partial charge in [-0.1, -0.05) is 114 Å². The third-order valence-electron chi connectivity index (χ3n) is 5.03. The van der Waals surface area contributed by atoms with Gasteiger partial charge in [-0.2, -0.15) is 0 Å². The lowest BCUT2D eigenvalue weighted by Gasteiger charge is -2.41. The molecule has 1 aromatic carbocycles. The average Bonchev–Trinajstić information content (AvgIpc) is 2.52. The normalized spacial score (nSPS) is 13.0. The zero-order valence-corrected chi connectivity index (χ0v) is 23.6. The number of rotatable bonds is 3. The molecule has 0 saturated heterocycles. The summed E-state index contributed by atoms with van der Waals surface area (Å²) in [6.07, 6.45) is 3.02. The second-order valence-electron chi connectivity index (χ2n) is 12.7. The predicted octanol–water partition coefficient (Wildman–Crippen LogP) is 8.79. The maximum Gasteiger partial charge on any atom is 0.102 e. The van der Waals surface area contributed by atoms with Crippen molar-refractivity contribution >= 4 is 7.14 Å². The van der Waals surface area contributed by atoms with E-state index in [4.69, 9.17) is 5.11 Å². The van der Waals surface area contributed by atoms with Gasteiger partial charge >= 0.3 is 0 Å². The van der Waals surface area contributed by atoms with Crippen molar-refractivity contribution in [2.45, 2.75) is 119 Å². The van der Waals surface area contributed by atoms with Crippen molar-refractivity contribution in [3.63, 3.8) is 0 Å². The molecule has 1 rings (SSSR count). The molecule has 0 saturated carbocycles. The number of hydrogen-bond acceptors (Lipinski definition) is 2. The van der Waals surface area contributed by atoms with Crippen LogP contribution in [-0.4, -0.2) is 22.5 Å². The van der Waals surface area contributed by atoms with Gasteiger partial charge in [0.25, 0.3) is 0 Å². The van der Waals surface area contributed by atoms with Crippen LogP contribution in [0.5, 0.6) is 0 Å². The van der Waals surface area contributed by atoms with Crippen molar-refractivity contribution in [1.82, 2.24) is 0 Å². The lowest BCUT2D eigenvalue weighted by molar-refractivity contribution is 0.233. The van der Waals surface area contributed by atoms with Crippen LogP contribution in [0.3, 0.4) is 0 Å². The summed E-state index contributed by atoms with van der Waals surface area (Å²) in [4.78, 5) is 0. The van der Waals surface area contributed by atoms with Crippen LogP contribution < -0.4 is 0 Å². The van der Waals surface area contributed by atoms with Gasteiger partial charge < -0.3 is 9.67 Å². The van der Waals surface area contributed by atoms with Gasteiger partial charge in [-0.25, -0.2) is 0 Å². The topological polar surface area (TPSA) is 37.3 Å². The second kappa shape index (κ2) is 11.9. The lowest BCUT2D eigenvalue weighted by Crippen LogP contribution is -2.29. The van der Waals surface area contributed by atoms with Crippen LogP contribution in [-0.2, 0) is 17.1 Å². The number of aliphatic hydroxyl groups excluding tert-OH is 1. The molecular weight excluding hydrogens is 387 g/mol. The standard InChI is InChI=1S/C17H29OP.C9H20.CH4O/c1-8-14-10-9-11-15(12-14)13-19(18,16(2,3)4)17(5,6)7;1-8(2,3)7-9(4,5)6;1-2/h9-12H,8,13H2,1-7H3;7H2,1-6H3;2H,1H3. The van der Waals surface area contributed by atoms with Crippen molar-refractivity contribution in [2.24, 2.45) is 10.8 Å². The highest BCUT2D eigenvalue weighted by Gasteiger charge is 2.45. The van der Waals surface area contributed by atoms with Crippen LogP contribution >= 0.6 is 7.14 Å². The van der Waals surface area contributed by atoms with Crippen LogP contribution in [0.15, 0.2) is 24.3 Å². The fourth-order valence-electron chi connectivity index (χ4n) is 4.28. The Bertz CT molecular complexity index is 617. The predicted molar refractivity (Wildman–Crippen MR) is 138 cm³/mol. The van der Waals surface area contributed by atoms with Gasteiger partial charge in [-0.15, -0.1) is 0 Å². The molecule has 0 aliphatic heterocycles. The Morgan fingerprint density at radius 2 is 1.10 bits per heavy atom. The van der Waals surface area contributed by atoms with Crippen molar-refractivity contribution < 1.29 is 9.67 Å². The molecule has 0 aliphatic carbocycles. The first-order valence-electron chi connectivity index (χ1n) is 11.3. The molecule has 0 aromatic heterocycles. The van der Waals surface area contributed by atoms with E-state index in [-0.39, 0.29) is 10.3 Å². The van der Waals surface area contributed by atoms with E-state index >= 15 is 0 Å². The highest BCUT2D eigenvalue weighted by atomic mass is 31.2. The number of aryl methyl sites for hydroxylation is 1. The maximum atomic E-state index is 13.6. The van der Waals surface area contributed by atoms with Gasteiger partial charge in [0, 0.05) is 23.6 Å². The molecule has 0 radical (unpaired) electrons. The second-order valence-corrected chi connectivity index (χ2v) is 17.2. The van der Waals surface area contributed by atoms with Crippen molar-refractivity contribution in [3.8, 4) is 0 Å². The quantitative estimate of drug-likeness (QED) is 0.477. The van der Waals surface area contributed by atoms with Gasteiger partial charge in [0.2, 0.25) is 0 Å². The first-order valence-corrected chi connectivity index (χ1v) is 13.2. The molecule has 2 nitrogen and oxygen atoms in total. The van der Waals surface area contributed by atoms with Crippen molar-refractivity contribution in [1.29, 1.82) is 0 Å². The first-order chi connectivity index (χ1) is 13.2. The summed E-state index contributed by atoms with van der Waals surface area (Å²) in [7, 11) is -1.34. The van der Waals surface area contributed by atoms with E-state index in [2.05, 4.69) is 114 Å². The Labute approximate surface area is 189 Å². The van der Waals surface area contributed by atoms with E-state index in [1.165, 1.54) is 17.5 Å². The highest BCUT2D eigenvalue weighted by Crippen LogP contribution is 2.68. The van der Waals surface area contributed by atoms with E-state index in [1.807, 2.05) is 0 Å². The molecule has 178 valence electrons. The molecule has 30 heavy (non-hydrogen) atoms. The van der Waals surface area contributed by atoms with Crippen LogP contribution in [0.2, 0.25) is 0 Å². The minimum Gasteiger partial charge on any atom is -0.400 e. The molecule has 0 heterocycles. The fourth-order valence-corrected chi connectivity index (χ4v) is 7.95. The zero-order chi connectivity index (χ0) is 24.6. The molecule has 0 atom stereocenters. The Morgan fingerprint density at radius 1 is 0.733 bits per heavy atom. The first kappa shape index (κ1) is 31.6. The monoisotopic (exact) mass is 440 g/mol. The highest BCUT2D eigenvalue weighted by molar-refractivity contribution is 7.66. The minimum atomic E-state index is -2.34. The summed E-state index contributed by atoms with van der Waals surface area (Å²) in [6.45, 7) is 28.6. The molecule has 0 aliphatic rings. The molecule has 0 amide bonds. The van der Waals surface area contributed by atoms with Crippen LogP contribution in [0.1, 0.15) is 108 Å². The van der Waals surface area contributed by atoms with Gasteiger partial charge in [0.15, 0.2) is 0 Å². The number of benzene rings is 1. The van der Waals surface area contributed by atoms with E-state index in [0.717, 1.165) is 13.5 Å². The van der Waals surface area contributed by atoms with Crippen LogP contribution in [0.4, 0.5) is 0 Å². The van der Waals surface area contributed by atoms with Gasteiger partial charge in [-0.3, -0.25) is 0 Å². The Morgan fingerprint density at radius 3 is 1.37 bits per heavy atom. The number of aliphatic hydroxyl groups is 1. The molecule has 1 aromatic rings. The number of hydrogen-bond donors (Lipinski definition) is 1. The molecule has 0 fully saturated rings. The molecule has 3 heteroatoms. The smallest absolute Gasteiger partial charge is 0.102 e. The molecule has 0 unspecified atom stereocenters. The molecule has 0 bridgehead atoms. The molecule has 0 spiro atoms. The lowest BCUT2D eigenvalue weighted by atomic mass is 9.78. The third-order valence-corrected chi connectivity index (χ3v) is 10.2. The third kappa shape index (κ3) is 11.7. The Hall–Kier alpha value is -0.590. The van der Waals surface area contributed by atoms with E-state index in [0.29, 0.717) is 17.0 Å². The Kier molecular flexibility index (Phi) is 12.5. The van der Waals surface area contributed by atoms with Gasteiger partial charge in [-0.05, 0) is 34.8 Å². The summed E-state index contributed by atoms with van der Waals surface area (Å²) in [5, 5.41) is 6.68. The summed E-state index contributed by atoms with van der Waals surface area (Å²) >= 11 is 0. The largest absolute Gasteiger partial charge is 0.400 e. The minimum absolute atomic E-state index is 0.159. The summed E-state index contributed by atoms with van der Waals surface area (Å²) in [5.74, 6) is 0. The van der Waals surface area contributed by atoms with Gasteiger partial charge in [0.05, 0.1) is 0 Å². The van der Waals surface area contributed by atoms with E-state index in [1.54, 1.807) is 0 Å². The summed E-state index contributed by atoms with van der Waals surface area (Å²) in [6, 6.07) is 8.56. The van der Waals surface area contributed by atoms with E-state index in [9.17, 15) is 4.57 Å². The fraction of sp³-hybridized carbons (Fsp3) is 0.778.